The molecule has 2 atom stereocenters. The normalized spacial score (nSPS) is 22.0. The summed E-state index contributed by atoms with van der Waals surface area (Å²) in [6.07, 6.45) is -3.72. The van der Waals surface area contributed by atoms with Gasteiger partial charge >= 0.3 is 6.18 Å². The van der Waals surface area contributed by atoms with Crippen LogP contribution in [0.5, 0.6) is 5.88 Å². The number of imidazole rings is 1. The van der Waals surface area contributed by atoms with E-state index >= 15 is 0 Å². The van der Waals surface area contributed by atoms with Gasteiger partial charge in [-0.3, -0.25) is 9.48 Å². The van der Waals surface area contributed by atoms with Crippen molar-refractivity contribution in [3.63, 3.8) is 0 Å². The van der Waals surface area contributed by atoms with Crippen molar-refractivity contribution in [3.05, 3.63) is 18.1 Å². The van der Waals surface area contributed by atoms with Gasteiger partial charge in [0.2, 0.25) is 11.5 Å². The predicted molar refractivity (Wildman–Crippen MR) is 90.8 cm³/mol. The molecule has 30 heavy (non-hydrogen) atoms. The van der Waals surface area contributed by atoms with E-state index in [1.54, 1.807) is 6.92 Å². The lowest BCUT2D eigenvalue weighted by atomic mass is 10.0. The molecule has 2 aliphatic rings. The molecule has 13 heteroatoms. The third-order valence-corrected chi connectivity index (χ3v) is 5.22. The molecule has 4 heterocycles. The Hall–Kier alpha value is -2.70. The van der Waals surface area contributed by atoms with Crippen LogP contribution in [0.25, 0.3) is 11.4 Å². The van der Waals surface area contributed by atoms with Gasteiger partial charge in [0, 0.05) is 6.07 Å². The third kappa shape index (κ3) is 3.20. The minimum atomic E-state index is -4.92. The Morgan fingerprint density at radius 2 is 2.00 bits per heavy atom. The van der Waals surface area contributed by atoms with Gasteiger partial charge in [0.15, 0.2) is 12.4 Å². The Labute approximate surface area is 166 Å². The Balaban J connectivity index is 1.55. The smallest absolute Gasteiger partial charge is 0.424 e. The van der Waals surface area contributed by atoms with E-state index in [2.05, 4.69) is 10.1 Å². The molecule has 2 aromatic heterocycles. The van der Waals surface area contributed by atoms with Crippen LogP contribution in [0.15, 0.2) is 12.3 Å². The first kappa shape index (κ1) is 20.6. The summed E-state index contributed by atoms with van der Waals surface area (Å²) in [6.45, 7) is 0.659. The molecule has 1 N–H and O–H groups in total. The molecule has 0 radical (unpaired) electrons. The number of likely N-dealkylation sites (tertiary alicyclic amines) is 1. The van der Waals surface area contributed by atoms with Crippen LogP contribution in [0.3, 0.4) is 0 Å². The number of alkyl halides is 5. The fourth-order valence-electron chi connectivity index (χ4n) is 3.54. The van der Waals surface area contributed by atoms with Crippen LogP contribution in [0.2, 0.25) is 0 Å². The number of carbonyl (C=O) groups excluding carboxylic acids is 1. The van der Waals surface area contributed by atoms with Gasteiger partial charge < -0.3 is 19.3 Å². The van der Waals surface area contributed by atoms with E-state index in [9.17, 15) is 31.9 Å². The first-order valence-electron chi connectivity index (χ1n) is 9.03. The second-order valence-electron chi connectivity index (χ2n) is 7.70. The molecule has 0 spiro atoms. The van der Waals surface area contributed by atoms with Gasteiger partial charge in [-0.25, -0.2) is 13.8 Å². The van der Waals surface area contributed by atoms with Crippen LogP contribution in [-0.4, -0.2) is 67.0 Å². The lowest BCUT2D eigenvalue weighted by molar-refractivity contribution is -0.262. The molecule has 164 valence electrons. The number of fused-ring (bicyclic) bond motifs is 3. The molecule has 1 fully saturated rings. The summed E-state index contributed by atoms with van der Waals surface area (Å²) in [6, 6.07) is 0.917. The summed E-state index contributed by atoms with van der Waals surface area (Å²) in [4.78, 5) is 16.6. The lowest BCUT2D eigenvalue weighted by Crippen LogP contribution is -2.59. The fourth-order valence-corrected chi connectivity index (χ4v) is 3.54. The van der Waals surface area contributed by atoms with E-state index < -0.39 is 55.2 Å². The summed E-state index contributed by atoms with van der Waals surface area (Å²) in [7, 11) is 0. The summed E-state index contributed by atoms with van der Waals surface area (Å²) in [5.41, 5.74) is -2.46. The number of nitrogens with zero attached hydrogens (tertiary/aromatic N) is 5. The van der Waals surface area contributed by atoms with E-state index in [0.717, 1.165) is 4.90 Å². The highest BCUT2D eigenvalue weighted by Crippen LogP contribution is 2.42. The summed E-state index contributed by atoms with van der Waals surface area (Å²) < 4.78 is 73.7. The Bertz CT molecular complexity index is 989. The number of hydrogen-bond donors (Lipinski definition) is 1. The first-order chi connectivity index (χ1) is 13.8. The Kier molecular flexibility index (Phi) is 4.39. The van der Waals surface area contributed by atoms with Gasteiger partial charge in [-0.15, -0.1) is 5.10 Å². The van der Waals surface area contributed by atoms with Crippen LogP contribution in [0.4, 0.5) is 22.0 Å². The van der Waals surface area contributed by atoms with Crippen molar-refractivity contribution in [2.75, 3.05) is 19.7 Å². The monoisotopic (exact) mass is 435 g/mol. The van der Waals surface area contributed by atoms with Crippen molar-refractivity contribution in [1.82, 2.24) is 24.2 Å². The maximum absolute atomic E-state index is 13.3. The average molecular weight is 435 g/mol. The number of ether oxygens (including phenoxy) is 1. The highest BCUT2D eigenvalue weighted by Gasteiger charge is 2.55. The topological polar surface area (TPSA) is 85.4 Å². The van der Waals surface area contributed by atoms with Gasteiger partial charge in [-0.05, 0) is 13.8 Å². The number of halogens is 5. The molecule has 1 unspecified atom stereocenters. The molecule has 0 bridgehead atoms. The SMILES string of the molecule is C[C@H]1Cn2nc(OCC(=O)N3CC(F)(F)C3)cc2-c2cnc(C(C)(O)C(F)(F)F)n21. The number of rotatable bonds is 4. The number of aliphatic hydroxyl groups is 1. The van der Waals surface area contributed by atoms with Gasteiger partial charge in [0.05, 0.1) is 43.3 Å². The fraction of sp³-hybridized carbons (Fsp3) is 0.588. The summed E-state index contributed by atoms with van der Waals surface area (Å²) in [5, 5.41) is 14.2. The largest absolute Gasteiger partial charge is 0.466 e. The summed E-state index contributed by atoms with van der Waals surface area (Å²) >= 11 is 0. The van der Waals surface area contributed by atoms with Gasteiger partial charge in [0.1, 0.15) is 0 Å². The van der Waals surface area contributed by atoms with Crippen molar-refractivity contribution in [2.45, 2.75) is 44.1 Å². The van der Waals surface area contributed by atoms with Crippen molar-refractivity contribution in [3.8, 4) is 17.3 Å². The Morgan fingerprint density at radius 3 is 2.60 bits per heavy atom. The molecule has 4 rings (SSSR count). The standard InChI is InChI=1S/C17H18F5N5O3/c1-9-5-26-10(11-4-23-14(27(9)11)15(2,29)17(20,21)22)3-12(24-26)30-6-13(28)25-7-16(18,19)8-25/h3-4,9,29H,5-8H2,1-2H3/t9-,15?/m0/s1. The number of hydrogen-bond acceptors (Lipinski definition) is 5. The van der Waals surface area contributed by atoms with Crippen LogP contribution in [0.1, 0.15) is 25.7 Å². The zero-order chi connectivity index (χ0) is 22.1. The van der Waals surface area contributed by atoms with Gasteiger partial charge in [-0.1, -0.05) is 0 Å². The molecule has 2 aromatic rings. The molecule has 0 aliphatic carbocycles. The lowest BCUT2D eigenvalue weighted by Gasteiger charge is -2.38. The second-order valence-corrected chi connectivity index (χ2v) is 7.70. The maximum Gasteiger partial charge on any atom is 0.424 e. The van der Waals surface area contributed by atoms with Crippen molar-refractivity contribution in [2.24, 2.45) is 0 Å². The molecular formula is C17H18F5N5O3. The molecule has 0 saturated carbocycles. The molecule has 1 saturated heterocycles. The van der Waals surface area contributed by atoms with Crippen molar-refractivity contribution < 1.29 is 36.6 Å². The minimum absolute atomic E-state index is 0.0246. The van der Waals surface area contributed by atoms with Gasteiger partial charge in [-0.2, -0.15) is 13.2 Å². The van der Waals surface area contributed by atoms with Crippen LogP contribution in [0, 0.1) is 0 Å². The summed E-state index contributed by atoms with van der Waals surface area (Å²) in [5.74, 6) is -4.01. The first-order valence-corrected chi connectivity index (χ1v) is 9.03. The number of carbonyl (C=O) groups is 1. The van der Waals surface area contributed by atoms with Gasteiger partial charge in [0.25, 0.3) is 11.8 Å². The third-order valence-electron chi connectivity index (χ3n) is 5.22. The quantitative estimate of drug-likeness (QED) is 0.743. The van der Waals surface area contributed by atoms with E-state index in [-0.39, 0.29) is 12.4 Å². The molecule has 8 nitrogen and oxygen atoms in total. The minimum Gasteiger partial charge on any atom is -0.466 e. The van der Waals surface area contributed by atoms with Crippen molar-refractivity contribution in [1.29, 1.82) is 0 Å². The maximum atomic E-state index is 13.3. The highest BCUT2D eigenvalue weighted by molar-refractivity contribution is 5.78. The zero-order valence-corrected chi connectivity index (χ0v) is 16.0. The van der Waals surface area contributed by atoms with E-state index in [0.29, 0.717) is 18.3 Å². The molecule has 1 amide bonds. The van der Waals surface area contributed by atoms with Crippen molar-refractivity contribution >= 4 is 5.91 Å². The van der Waals surface area contributed by atoms with Crippen LogP contribution < -0.4 is 4.74 Å². The van der Waals surface area contributed by atoms with Crippen LogP contribution >= 0.6 is 0 Å². The second kappa shape index (κ2) is 6.40. The number of amides is 1. The highest BCUT2D eigenvalue weighted by atomic mass is 19.4. The Morgan fingerprint density at radius 1 is 1.33 bits per heavy atom. The van der Waals surface area contributed by atoms with E-state index in [1.807, 2.05) is 0 Å². The van der Waals surface area contributed by atoms with Crippen LogP contribution in [-0.2, 0) is 16.9 Å². The average Bonchev–Trinajstić information content (AvgIpc) is 3.20. The predicted octanol–water partition coefficient (Wildman–Crippen LogP) is 1.95. The molecule has 2 aliphatic heterocycles. The van der Waals surface area contributed by atoms with E-state index in [1.165, 1.54) is 21.5 Å². The number of aromatic nitrogens is 4. The van der Waals surface area contributed by atoms with E-state index in [4.69, 9.17) is 4.74 Å². The molecular weight excluding hydrogens is 417 g/mol. The zero-order valence-electron chi connectivity index (χ0n) is 16.0. The molecule has 0 aromatic carbocycles.